The first-order valence-corrected chi connectivity index (χ1v) is 8.44. The van der Waals surface area contributed by atoms with Gasteiger partial charge in [0.15, 0.2) is 11.5 Å². The van der Waals surface area contributed by atoms with Crippen molar-refractivity contribution in [3.8, 4) is 11.5 Å². The number of ether oxygens (including phenoxy) is 2. The highest BCUT2D eigenvalue weighted by molar-refractivity contribution is 7.85. The summed E-state index contributed by atoms with van der Waals surface area (Å²) in [7, 11) is -1.11. The van der Waals surface area contributed by atoms with Crippen molar-refractivity contribution in [3.63, 3.8) is 0 Å². The number of rotatable bonds is 6. The zero-order valence-corrected chi connectivity index (χ0v) is 12.9. The molecule has 5 heteroatoms. The molecule has 0 bridgehead atoms. The van der Waals surface area contributed by atoms with Crippen LogP contribution < -0.4 is 15.2 Å². The van der Waals surface area contributed by atoms with Crippen molar-refractivity contribution >= 4 is 10.8 Å². The van der Waals surface area contributed by atoms with Crippen LogP contribution in [0.25, 0.3) is 0 Å². The molecule has 1 aromatic carbocycles. The average molecular weight is 297 g/mol. The molecule has 2 N–H and O–H groups in total. The quantitative estimate of drug-likeness (QED) is 0.876. The molecule has 0 amide bonds. The summed E-state index contributed by atoms with van der Waals surface area (Å²) >= 11 is 0. The molecule has 1 aliphatic heterocycles. The molecule has 3 atom stereocenters. The number of nitrogens with two attached hydrogens (primary N) is 1. The Labute approximate surface area is 123 Å². The van der Waals surface area contributed by atoms with Crippen molar-refractivity contribution in [2.45, 2.75) is 49.3 Å². The molecular weight excluding hydrogens is 274 g/mol. The van der Waals surface area contributed by atoms with Crippen LogP contribution in [0.1, 0.15) is 33.1 Å². The second kappa shape index (κ2) is 7.09. The van der Waals surface area contributed by atoms with E-state index in [0.717, 1.165) is 29.9 Å². The van der Waals surface area contributed by atoms with E-state index in [2.05, 4.69) is 6.92 Å². The first kappa shape index (κ1) is 15.3. The van der Waals surface area contributed by atoms with Gasteiger partial charge in [-0.2, -0.15) is 0 Å². The minimum Gasteiger partial charge on any atom is -0.486 e. The predicted molar refractivity (Wildman–Crippen MR) is 80.8 cm³/mol. The topological polar surface area (TPSA) is 61.6 Å². The number of hydrogen-bond acceptors (Lipinski definition) is 4. The van der Waals surface area contributed by atoms with Gasteiger partial charge in [-0.25, -0.2) is 0 Å². The Balaban J connectivity index is 2.19. The van der Waals surface area contributed by atoms with E-state index in [4.69, 9.17) is 15.2 Å². The summed E-state index contributed by atoms with van der Waals surface area (Å²) < 4.78 is 23.7. The van der Waals surface area contributed by atoms with Crippen LogP contribution in [0.3, 0.4) is 0 Å². The Morgan fingerprint density at radius 3 is 2.60 bits per heavy atom. The smallest absolute Gasteiger partial charge is 0.162 e. The monoisotopic (exact) mass is 297 g/mol. The molecule has 1 heterocycles. The van der Waals surface area contributed by atoms with Crippen molar-refractivity contribution in [2.24, 2.45) is 5.73 Å². The molecular formula is C15H23NO3S. The summed E-state index contributed by atoms with van der Waals surface area (Å²) in [5, 5.41) is -0.0162. The minimum absolute atomic E-state index is 0.0162. The first-order valence-electron chi connectivity index (χ1n) is 7.23. The molecule has 0 saturated heterocycles. The molecule has 0 aromatic heterocycles. The predicted octanol–water partition coefficient (Wildman–Crippen LogP) is 2.47. The Morgan fingerprint density at radius 2 is 1.95 bits per heavy atom. The second-order valence-electron chi connectivity index (χ2n) is 5.00. The molecule has 3 unspecified atom stereocenters. The van der Waals surface area contributed by atoms with Gasteiger partial charge in [-0.05, 0) is 25.0 Å². The van der Waals surface area contributed by atoms with E-state index in [-0.39, 0.29) is 11.3 Å². The van der Waals surface area contributed by atoms with Crippen LogP contribution in [-0.2, 0) is 10.8 Å². The van der Waals surface area contributed by atoms with E-state index in [1.165, 1.54) is 0 Å². The van der Waals surface area contributed by atoms with Gasteiger partial charge in [0.1, 0.15) is 13.2 Å². The number of fused-ring (bicyclic) bond motifs is 1. The van der Waals surface area contributed by atoms with E-state index in [1.807, 2.05) is 25.1 Å². The van der Waals surface area contributed by atoms with E-state index in [9.17, 15) is 4.21 Å². The summed E-state index contributed by atoms with van der Waals surface area (Å²) in [6.07, 6.45) is 2.72. The Bertz CT molecular complexity index is 478. The Kier molecular flexibility index (Phi) is 5.43. The Morgan fingerprint density at radius 1 is 1.25 bits per heavy atom. The lowest BCUT2D eigenvalue weighted by Crippen LogP contribution is -2.37. The normalized spacial score (nSPS) is 18.4. The van der Waals surface area contributed by atoms with Crippen LogP contribution in [0.15, 0.2) is 23.1 Å². The Hall–Kier alpha value is -1.07. The van der Waals surface area contributed by atoms with Crippen LogP contribution in [0.4, 0.5) is 0 Å². The third-order valence-corrected chi connectivity index (χ3v) is 5.47. The largest absolute Gasteiger partial charge is 0.486 e. The van der Waals surface area contributed by atoms with Crippen molar-refractivity contribution in [2.75, 3.05) is 13.2 Å². The molecule has 2 rings (SSSR count). The van der Waals surface area contributed by atoms with Crippen molar-refractivity contribution < 1.29 is 13.7 Å². The molecule has 4 nitrogen and oxygen atoms in total. The maximum absolute atomic E-state index is 12.7. The molecule has 0 saturated carbocycles. The highest BCUT2D eigenvalue weighted by Gasteiger charge is 2.24. The van der Waals surface area contributed by atoms with Gasteiger partial charge in [0, 0.05) is 17.0 Å². The van der Waals surface area contributed by atoms with Crippen LogP contribution >= 0.6 is 0 Å². The number of benzene rings is 1. The van der Waals surface area contributed by atoms with Gasteiger partial charge < -0.3 is 15.2 Å². The fourth-order valence-electron chi connectivity index (χ4n) is 2.46. The lowest BCUT2D eigenvalue weighted by Gasteiger charge is -2.23. The first-order chi connectivity index (χ1) is 9.67. The van der Waals surface area contributed by atoms with Gasteiger partial charge >= 0.3 is 0 Å². The van der Waals surface area contributed by atoms with Crippen LogP contribution in [-0.4, -0.2) is 28.7 Å². The summed E-state index contributed by atoms with van der Waals surface area (Å²) in [4.78, 5) is 0.771. The van der Waals surface area contributed by atoms with E-state index < -0.39 is 10.8 Å². The van der Waals surface area contributed by atoms with Crippen molar-refractivity contribution in [1.29, 1.82) is 0 Å². The molecule has 0 radical (unpaired) electrons. The van der Waals surface area contributed by atoms with Crippen LogP contribution in [0.2, 0.25) is 0 Å². The minimum atomic E-state index is -1.11. The van der Waals surface area contributed by atoms with Gasteiger partial charge in [0.25, 0.3) is 0 Å². The van der Waals surface area contributed by atoms with Gasteiger partial charge in [-0.1, -0.05) is 20.3 Å². The SMILES string of the molecule is CCCC(N)C(CC)S(=O)c1ccc2c(c1)OCCO2. The van der Waals surface area contributed by atoms with Crippen molar-refractivity contribution in [1.82, 2.24) is 0 Å². The van der Waals surface area contributed by atoms with Gasteiger partial charge in [0.2, 0.25) is 0 Å². The molecule has 0 aliphatic carbocycles. The summed E-state index contributed by atoms with van der Waals surface area (Å²) in [5.41, 5.74) is 6.17. The highest BCUT2D eigenvalue weighted by atomic mass is 32.2. The molecule has 0 fully saturated rings. The van der Waals surface area contributed by atoms with Gasteiger partial charge in [-0.3, -0.25) is 4.21 Å². The standard InChI is InChI=1S/C15H23NO3S/c1-3-5-12(16)15(4-2)20(17)11-6-7-13-14(10-11)19-9-8-18-13/h6-7,10,12,15H,3-5,8-9,16H2,1-2H3. The fourth-order valence-corrected chi connectivity index (χ4v) is 3.99. The average Bonchev–Trinajstić information content (AvgIpc) is 2.47. The maximum atomic E-state index is 12.7. The molecule has 1 aromatic rings. The third kappa shape index (κ3) is 3.33. The highest BCUT2D eigenvalue weighted by Crippen LogP contribution is 2.32. The zero-order valence-electron chi connectivity index (χ0n) is 12.1. The van der Waals surface area contributed by atoms with Gasteiger partial charge in [0.05, 0.1) is 16.0 Å². The summed E-state index contributed by atoms with van der Waals surface area (Å²) in [6, 6.07) is 5.48. The van der Waals surface area contributed by atoms with E-state index in [0.29, 0.717) is 19.0 Å². The summed E-state index contributed by atoms with van der Waals surface area (Å²) in [5.74, 6) is 1.41. The molecule has 0 spiro atoms. The van der Waals surface area contributed by atoms with Crippen LogP contribution in [0, 0.1) is 0 Å². The summed E-state index contributed by atoms with van der Waals surface area (Å²) in [6.45, 7) is 5.24. The van der Waals surface area contributed by atoms with Crippen LogP contribution in [0.5, 0.6) is 11.5 Å². The number of hydrogen-bond donors (Lipinski definition) is 1. The zero-order chi connectivity index (χ0) is 14.5. The molecule has 20 heavy (non-hydrogen) atoms. The lowest BCUT2D eigenvalue weighted by atomic mass is 10.1. The second-order valence-corrected chi connectivity index (χ2v) is 6.67. The van der Waals surface area contributed by atoms with Gasteiger partial charge in [-0.15, -0.1) is 0 Å². The fraction of sp³-hybridized carbons (Fsp3) is 0.600. The van der Waals surface area contributed by atoms with Crippen molar-refractivity contribution in [3.05, 3.63) is 18.2 Å². The molecule has 112 valence electrons. The lowest BCUT2D eigenvalue weighted by molar-refractivity contribution is 0.171. The van der Waals surface area contributed by atoms with E-state index in [1.54, 1.807) is 0 Å². The molecule has 1 aliphatic rings. The maximum Gasteiger partial charge on any atom is 0.162 e. The van der Waals surface area contributed by atoms with E-state index >= 15 is 0 Å². The third-order valence-electron chi connectivity index (χ3n) is 3.52.